The fraction of sp³-hybridized carbons (Fsp3) is 0.556. The molecule has 1 N–H and O–H groups in total. The number of fused-ring (bicyclic) bond motifs is 3. The van der Waals surface area contributed by atoms with Gasteiger partial charge in [-0.2, -0.15) is 5.26 Å². The normalized spacial score (nSPS) is 13.2. The molecule has 3 rings (SSSR count). The predicted molar refractivity (Wildman–Crippen MR) is 136 cm³/mol. The summed E-state index contributed by atoms with van der Waals surface area (Å²) in [6, 6.07) is 8.60. The van der Waals surface area contributed by atoms with Crippen molar-refractivity contribution in [1.82, 2.24) is 10.2 Å². The van der Waals surface area contributed by atoms with Crippen LogP contribution in [0.1, 0.15) is 76.0 Å². The zero-order chi connectivity index (χ0) is 25.5. The summed E-state index contributed by atoms with van der Waals surface area (Å²) in [5.74, 6) is 1.39. The number of nitrogens with one attached hydrogen (secondary N) is 1. The van der Waals surface area contributed by atoms with Crippen molar-refractivity contribution in [2.45, 2.75) is 78.4 Å². The molecule has 8 nitrogen and oxygen atoms in total. The molecule has 0 spiro atoms. The lowest BCUT2D eigenvalue weighted by atomic mass is 9.95. The molecule has 1 aliphatic rings. The van der Waals surface area contributed by atoms with E-state index in [2.05, 4.69) is 40.2 Å². The lowest BCUT2D eigenvalue weighted by molar-refractivity contribution is -0.128. The maximum Gasteiger partial charge on any atom is 0.293 e. The topological polar surface area (TPSA) is 106 Å². The molecule has 0 saturated carbocycles. The van der Waals surface area contributed by atoms with E-state index < -0.39 is 0 Å². The Morgan fingerprint density at radius 2 is 2.09 bits per heavy atom. The fourth-order valence-electron chi connectivity index (χ4n) is 4.01. The van der Waals surface area contributed by atoms with Gasteiger partial charge < -0.3 is 19.5 Å². The van der Waals surface area contributed by atoms with Crippen LogP contribution in [-0.4, -0.2) is 43.0 Å². The highest BCUT2D eigenvalue weighted by atomic mass is 16.5. The second kappa shape index (κ2) is 15.7. The summed E-state index contributed by atoms with van der Waals surface area (Å²) in [5.41, 5.74) is 4.30. The molecule has 35 heavy (non-hydrogen) atoms. The van der Waals surface area contributed by atoms with Gasteiger partial charge in [-0.25, -0.2) is 0 Å². The van der Waals surface area contributed by atoms with Crippen LogP contribution in [0.4, 0.5) is 5.82 Å². The second-order valence-electron chi connectivity index (χ2n) is 8.34. The SMILES string of the molecule is CCCCCC(CC)Nc1nnc2c(c1C#N)CCCOCc1cc(OC)ccc1-2.CCOC=O. The van der Waals surface area contributed by atoms with Crippen molar-refractivity contribution < 1.29 is 19.0 Å². The molecule has 1 aromatic heterocycles. The summed E-state index contributed by atoms with van der Waals surface area (Å²) < 4.78 is 15.4. The summed E-state index contributed by atoms with van der Waals surface area (Å²) in [5, 5.41) is 22.6. The van der Waals surface area contributed by atoms with E-state index in [4.69, 9.17) is 9.47 Å². The molecule has 0 bridgehead atoms. The molecule has 1 atom stereocenters. The standard InChI is InChI=1S/C24H32N4O2.C3H6O2/c1-4-6-7-9-18(5-2)26-24-22(15-25)21-10-8-13-30-16-17-14-19(29-3)11-12-20(17)23(21)27-28-24;1-2-5-3-4/h11-12,14,18H,4-10,13,16H2,1-3H3,(H,26,28);3H,2H2,1H3. The number of methoxy groups -OCH3 is 1. The molecule has 1 unspecified atom stereocenters. The summed E-state index contributed by atoms with van der Waals surface area (Å²) in [6.07, 6.45) is 7.24. The zero-order valence-electron chi connectivity index (χ0n) is 21.4. The molecule has 0 saturated heterocycles. The van der Waals surface area contributed by atoms with Gasteiger partial charge in [0.25, 0.3) is 6.47 Å². The Morgan fingerprint density at radius 3 is 2.71 bits per heavy atom. The van der Waals surface area contributed by atoms with Crippen LogP contribution in [0, 0.1) is 11.3 Å². The Morgan fingerprint density at radius 1 is 1.26 bits per heavy atom. The average Bonchev–Trinajstić information content (AvgIpc) is 2.97. The fourth-order valence-corrected chi connectivity index (χ4v) is 4.01. The van der Waals surface area contributed by atoms with Gasteiger partial charge in [0.15, 0.2) is 5.82 Å². The van der Waals surface area contributed by atoms with Crippen molar-refractivity contribution in [3.63, 3.8) is 0 Å². The number of benzene rings is 1. The Bertz CT molecular complexity index is 974. The molecule has 1 aromatic carbocycles. The molecule has 0 radical (unpaired) electrons. The number of ether oxygens (including phenoxy) is 3. The summed E-state index contributed by atoms with van der Waals surface area (Å²) in [7, 11) is 1.65. The van der Waals surface area contributed by atoms with Gasteiger partial charge in [-0.15, -0.1) is 10.2 Å². The van der Waals surface area contributed by atoms with Crippen molar-refractivity contribution in [3.8, 4) is 23.1 Å². The molecular formula is C27H38N4O4. The van der Waals surface area contributed by atoms with E-state index in [0.717, 1.165) is 53.8 Å². The third kappa shape index (κ3) is 8.22. The van der Waals surface area contributed by atoms with Gasteiger partial charge in [0.05, 0.1) is 26.0 Å². The monoisotopic (exact) mass is 482 g/mol. The van der Waals surface area contributed by atoms with Crippen LogP contribution in [-0.2, 0) is 27.3 Å². The van der Waals surface area contributed by atoms with E-state index in [0.29, 0.717) is 43.7 Å². The lowest BCUT2D eigenvalue weighted by Gasteiger charge is -2.20. The van der Waals surface area contributed by atoms with E-state index in [9.17, 15) is 10.1 Å². The van der Waals surface area contributed by atoms with Crippen molar-refractivity contribution in [2.24, 2.45) is 0 Å². The number of nitriles is 1. The van der Waals surface area contributed by atoms with Gasteiger partial charge >= 0.3 is 0 Å². The number of hydrogen-bond donors (Lipinski definition) is 1. The minimum absolute atomic E-state index is 0.298. The first kappa shape index (κ1) is 28.1. The number of carbonyl (C=O) groups excluding carboxylic acids is 1. The Kier molecular flexibility index (Phi) is 12.6. The second-order valence-corrected chi connectivity index (χ2v) is 8.34. The number of hydrogen-bond acceptors (Lipinski definition) is 8. The zero-order valence-corrected chi connectivity index (χ0v) is 21.4. The number of carbonyl (C=O) groups is 1. The molecule has 0 fully saturated rings. The molecule has 2 heterocycles. The maximum absolute atomic E-state index is 10.0. The van der Waals surface area contributed by atoms with Gasteiger partial charge in [0, 0.05) is 23.8 Å². The molecule has 8 heteroatoms. The van der Waals surface area contributed by atoms with Gasteiger partial charge in [0.2, 0.25) is 0 Å². The highest BCUT2D eigenvalue weighted by molar-refractivity contribution is 5.73. The number of rotatable bonds is 10. The van der Waals surface area contributed by atoms with E-state index in [1.165, 1.54) is 19.3 Å². The number of anilines is 1. The minimum atomic E-state index is 0.298. The minimum Gasteiger partial charge on any atom is -0.497 e. The van der Waals surface area contributed by atoms with Gasteiger partial charge in [0.1, 0.15) is 17.4 Å². The van der Waals surface area contributed by atoms with Crippen LogP contribution in [0.5, 0.6) is 5.75 Å². The third-order valence-corrected chi connectivity index (χ3v) is 5.95. The van der Waals surface area contributed by atoms with Crippen LogP contribution in [0.25, 0.3) is 11.3 Å². The van der Waals surface area contributed by atoms with Crippen LogP contribution in [0.15, 0.2) is 18.2 Å². The summed E-state index contributed by atoms with van der Waals surface area (Å²) in [4.78, 5) is 9.18. The molecule has 2 aromatic rings. The van der Waals surface area contributed by atoms with Crippen molar-refractivity contribution >= 4 is 12.3 Å². The molecule has 1 aliphatic heterocycles. The maximum atomic E-state index is 10.0. The summed E-state index contributed by atoms with van der Waals surface area (Å²) >= 11 is 0. The number of nitrogens with zero attached hydrogens (tertiary/aromatic N) is 3. The van der Waals surface area contributed by atoms with Crippen molar-refractivity contribution in [3.05, 3.63) is 34.9 Å². The van der Waals surface area contributed by atoms with E-state index in [-0.39, 0.29) is 0 Å². The quantitative estimate of drug-likeness (QED) is 0.353. The first-order chi connectivity index (χ1) is 17.1. The van der Waals surface area contributed by atoms with Crippen LogP contribution < -0.4 is 10.1 Å². The largest absolute Gasteiger partial charge is 0.497 e. The number of aromatic nitrogens is 2. The number of unbranched alkanes of at least 4 members (excludes halogenated alkanes) is 2. The van der Waals surface area contributed by atoms with E-state index >= 15 is 0 Å². The van der Waals surface area contributed by atoms with Crippen LogP contribution in [0.2, 0.25) is 0 Å². The van der Waals surface area contributed by atoms with Gasteiger partial charge in [-0.1, -0.05) is 33.1 Å². The smallest absolute Gasteiger partial charge is 0.293 e. The first-order valence-electron chi connectivity index (χ1n) is 12.5. The Balaban J connectivity index is 0.000000784. The van der Waals surface area contributed by atoms with E-state index in [1.807, 2.05) is 18.2 Å². The van der Waals surface area contributed by atoms with Gasteiger partial charge in [-0.3, -0.25) is 4.79 Å². The van der Waals surface area contributed by atoms with Crippen LogP contribution >= 0.6 is 0 Å². The first-order valence-corrected chi connectivity index (χ1v) is 12.5. The van der Waals surface area contributed by atoms with E-state index in [1.54, 1.807) is 14.0 Å². The Hall–Kier alpha value is -3.18. The van der Waals surface area contributed by atoms with Crippen LogP contribution in [0.3, 0.4) is 0 Å². The summed E-state index contributed by atoms with van der Waals surface area (Å²) in [6.45, 7) is 8.17. The van der Waals surface area contributed by atoms with Gasteiger partial charge in [-0.05, 0) is 56.4 Å². The Labute approximate surface area is 209 Å². The van der Waals surface area contributed by atoms with Crippen molar-refractivity contribution in [1.29, 1.82) is 5.26 Å². The molecule has 0 aliphatic carbocycles. The molecule has 0 amide bonds. The van der Waals surface area contributed by atoms with Crippen molar-refractivity contribution in [2.75, 3.05) is 25.6 Å². The molecular weight excluding hydrogens is 444 g/mol. The third-order valence-electron chi connectivity index (χ3n) is 5.95. The lowest BCUT2D eigenvalue weighted by Crippen LogP contribution is -2.21. The predicted octanol–water partition coefficient (Wildman–Crippen LogP) is 5.44. The molecule has 190 valence electrons. The highest BCUT2D eigenvalue weighted by Crippen LogP contribution is 2.34. The average molecular weight is 483 g/mol. The highest BCUT2D eigenvalue weighted by Gasteiger charge is 2.22.